The van der Waals surface area contributed by atoms with Crippen LogP contribution in [-0.2, 0) is 14.8 Å². The normalized spacial score (nSPS) is 14.9. The van der Waals surface area contributed by atoms with Crippen molar-refractivity contribution in [3.8, 4) is 0 Å². The van der Waals surface area contributed by atoms with Gasteiger partial charge < -0.3 is 9.80 Å². The second-order valence-corrected chi connectivity index (χ2v) is 8.04. The Labute approximate surface area is 157 Å². The molecule has 3 rings (SSSR count). The van der Waals surface area contributed by atoms with E-state index in [0.717, 1.165) is 16.6 Å². The van der Waals surface area contributed by atoms with Gasteiger partial charge in [-0.1, -0.05) is 12.1 Å². The molecule has 0 saturated carbocycles. The maximum Gasteiger partial charge on any atom is 0.243 e. The minimum absolute atomic E-state index is 0.135. The molecular formula is C17H20FN5O3S. The lowest BCUT2D eigenvalue weighted by Crippen LogP contribution is -2.52. The number of hydrogen-bond acceptors (Lipinski definition) is 6. The summed E-state index contributed by atoms with van der Waals surface area (Å²) < 4.78 is 39.1. The minimum atomic E-state index is -3.81. The summed E-state index contributed by atoms with van der Waals surface area (Å²) in [7, 11) is -3.81. The average molecular weight is 393 g/mol. The van der Waals surface area contributed by atoms with E-state index in [1.165, 1.54) is 18.2 Å². The minimum Gasteiger partial charge on any atom is -0.338 e. The number of benzene rings is 1. The van der Waals surface area contributed by atoms with E-state index in [9.17, 15) is 17.6 Å². The number of sulfonamides is 1. The smallest absolute Gasteiger partial charge is 0.243 e. The predicted octanol–water partition coefficient (Wildman–Crippen LogP) is 0.731. The van der Waals surface area contributed by atoms with Gasteiger partial charge in [-0.15, -0.1) is 0 Å². The van der Waals surface area contributed by atoms with E-state index in [2.05, 4.69) is 9.97 Å². The van der Waals surface area contributed by atoms with Crippen molar-refractivity contribution < 1.29 is 17.6 Å². The number of nitrogens with zero attached hydrogens (tertiary/aromatic N) is 5. The first-order valence-corrected chi connectivity index (χ1v) is 10.2. The number of rotatable bonds is 5. The molecule has 1 amide bonds. The fourth-order valence-electron chi connectivity index (χ4n) is 2.87. The number of halogens is 1. The van der Waals surface area contributed by atoms with Crippen molar-refractivity contribution >= 4 is 27.6 Å². The van der Waals surface area contributed by atoms with Crippen molar-refractivity contribution in [3.63, 3.8) is 0 Å². The molecule has 1 aliphatic heterocycles. The monoisotopic (exact) mass is 393 g/mol. The molecule has 0 N–H and O–H groups in total. The molecule has 0 atom stereocenters. The first kappa shape index (κ1) is 19.0. The molecule has 0 radical (unpaired) electrons. The van der Waals surface area contributed by atoms with Crippen LogP contribution < -0.4 is 9.21 Å². The number of aromatic nitrogens is 2. The van der Waals surface area contributed by atoms with Gasteiger partial charge in [0.05, 0.1) is 11.9 Å². The summed E-state index contributed by atoms with van der Waals surface area (Å²) in [5, 5.41) is 0. The molecule has 1 saturated heterocycles. The molecule has 144 valence electrons. The number of piperazine rings is 1. The van der Waals surface area contributed by atoms with Crippen LogP contribution in [-0.4, -0.2) is 68.2 Å². The number of carbonyl (C=O) groups is 1. The Hall–Kier alpha value is -2.75. The lowest BCUT2D eigenvalue weighted by Gasteiger charge is -2.35. The lowest BCUT2D eigenvalue weighted by molar-refractivity contribution is -0.129. The first-order chi connectivity index (χ1) is 12.9. The molecule has 0 bridgehead atoms. The molecule has 1 aromatic carbocycles. The third-order valence-electron chi connectivity index (χ3n) is 4.27. The summed E-state index contributed by atoms with van der Waals surface area (Å²) in [5.41, 5.74) is -0.135. The number of para-hydroxylation sites is 1. The maximum absolute atomic E-state index is 14.1. The van der Waals surface area contributed by atoms with Gasteiger partial charge in [0.15, 0.2) is 0 Å². The molecule has 8 nitrogen and oxygen atoms in total. The van der Waals surface area contributed by atoms with Gasteiger partial charge in [-0.25, -0.2) is 22.8 Å². The van der Waals surface area contributed by atoms with Crippen molar-refractivity contribution in [2.45, 2.75) is 0 Å². The van der Waals surface area contributed by atoms with E-state index in [4.69, 9.17) is 0 Å². The third kappa shape index (κ3) is 4.51. The van der Waals surface area contributed by atoms with Gasteiger partial charge in [-0.3, -0.25) is 9.10 Å². The lowest BCUT2D eigenvalue weighted by atomic mass is 10.3. The summed E-state index contributed by atoms with van der Waals surface area (Å²) in [6, 6.07) is 7.22. The van der Waals surface area contributed by atoms with Crippen LogP contribution in [0.5, 0.6) is 0 Å². The zero-order chi connectivity index (χ0) is 19.4. The van der Waals surface area contributed by atoms with Gasteiger partial charge in [0.1, 0.15) is 12.4 Å². The van der Waals surface area contributed by atoms with Gasteiger partial charge in [0.25, 0.3) is 0 Å². The Bertz CT molecular complexity index is 902. The number of carbonyl (C=O) groups excluding carboxylic acids is 1. The standard InChI is InChI=1S/C17H20FN5O3S/c1-27(25,26)23(15-6-3-2-5-14(15)18)13-16(24)21-9-11-22(12-10-21)17-19-7-4-8-20-17/h2-8H,9-13H2,1H3. The van der Waals surface area contributed by atoms with E-state index in [1.807, 2.05) is 4.90 Å². The van der Waals surface area contributed by atoms with Gasteiger partial charge in [0, 0.05) is 38.6 Å². The van der Waals surface area contributed by atoms with E-state index >= 15 is 0 Å². The van der Waals surface area contributed by atoms with E-state index in [0.29, 0.717) is 32.1 Å². The molecule has 1 aromatic heterocycles. The molecule has 2 aromatic rings. The molecule has 10 heteroatoms. The molecule has 1 aliphatic rings. The van der Waals surface area contributed by atoms with Crippen LogP contribution in [0.3, 0.4) is 0 Å². The molecule has 0 aliphatic carbocycles. The summed E-state index contributed by atoms with van der Waals surface area (Å²) in [5.74, 6) is -0.479. The summed E-state index contributed by atoms with van der Waals surface area (Å²) >= 11 is 0. The zero-order valence-corrected chi connectivity index (χ0v) is 15.6. The van der Waals surface area contributed by atoms with Gasteiger partial charge in [0.2, 0.25) is 21.9 Å². The van der Waals surface area contributed by atoms with Crippen LogP contribution in [0.1, 0.15) is 0 Å². The van der Waals surface area contributed by atoms with Crippen LogP contribution in [0.25, 0.3) is 0 Å². The topological polar surface area (TPSA) is 86.7 Å². The Kier molecular flexibility index (Phi) is 5.54. The highest BCUT2D eigenvalue weighted by Gasteiger charge is 2.28. The first-order valence-electron chi connectivity index (χ1n) is 8.38. The molecule has 1 fully saturated rings. The highest BCUT2D eigenvalue weighted by atomic mass is 32.2. The Morgan fingerprint density at radius 2 is 1.74 bits per heavy atom. The van der Waals surface area contributed by atoms with Gasteiger partial charge in [-0.2, -0.15) is 0 Å². The van der Waals surface area contributed by atoms with Crippen molar-refractivity contribution in [1.29, 1.82) is 0 Å². The summed E-state index contributed by atoms with van der Waals surface area (Å²) in [6.07, 6.45) is 4.26. The van der Waals surface area contributed by atoms with Crippen LogP contribution in [0.15, 0.2) is 42.7 Å². The molecule has 0 unspecified atom stereocenters. The maximum atomic E-state index is 14.1. The number of hydrogen-bond donors (Lipinski definition) is 0. The Balaban J connectivity index is 1.68. The Morgan fingerprint density at radius 1 is 1.11 bits per heavy atom. The SMILES string of the molecule is CS(=O)(=O)N(CC(=O)N1CCN(c2ncccn2)CC1)c1ccccc1F. The quantitative estimate of drug-likeness (QED) is 0.744. The Morgan fingerprint density at radius 3 is 2.33 bits per heavy atom. The third-order valence-corrected chi connectivity index (χ3v) is 5.39. The van der Waals surface area contributed by atoms with Crippen molar-refractivity contribution in [2.75, 3.05) is 48.2 Å². The molecule has 27 heavy (non-hydrogen) atoms. The highest BCUT2D eigenvalue weighted by Crippen LogP contribution is 2.21. The summed E-state index contributed by atoms with van der Waals surface area (Å²) in [4.78, 5) is 24.5. The van der Waals surface area contributed by atoms with Crippen molar-refractivity contribution in [2.24, 2.45) is 0 Å². The molecular weight excluding hydrogens is 373 g/mol. The second-order valence-electron chi connectivity index (χ2n) is 6.14. The highest BCUT2D eigenvalue weighted by molar-refractivity contribution is 7.92. The second kappa shape index (κ2) is 7.87. The molecule has 2 heterocycles. The van der Waals surface area contributed by atoms with Crippen molar-refractivity contribution in [1.82, 2.24) is 14.9 Å². The van der Waals surface area contributed by atoms with Crippen LogP contribution in [0.4, 0.5) is 16.0 Å². The number of amides is 1. The van der Waals surface area contributed by atoms with Gasteiger partial charge in [-0.05, 0) is 18.2 Å². The largest absolute Gasteiger partial charge is 0.338 e. The van der Waals surface area contributed by atoms with Crippen molar-refractivity contribution in [3.05, 3.63) is 48.5 Å². The fraction of sp³-hybridized carbons (Fsp3) is 0.353. The zero-order valence-electron chi connectivity index (χ0n) is 14.8. The summed E-state index contributed by atoms with van der Waals surface area (Å²) in [6.45, 7) is 1.45. The van der Waals surface area contributed by atoms with E-state index < -0.39 is 22.4 Å². The van der Waals surface area contributed by atoms with E-state index in [-0.39, 0.29) is 11.6 Å². The average Bonchev–Trinajstić information content (AvgIpc) is 2.66. The predicted molar refractivity (Wildman–Crippen MR) is 99.4 cm³/mol. The fourth-order valence-corrected chi connectivity index (χ4v) is 3.72. The molecule has 0 spiro atoms. The number of anilines is 2. The van der Waals surface area contributed by atoms with Crippen LogP contribution in [0.2, 0.25) is 0 Å². The van der Waals surface area contributed by atoms with Gasteiger partial charge >= 0.3 is 0 Å². The van der Waals surface area contributed by atoms with Crippen LogP contribution in [0, 0.1) is 5.82 Å². The van der Waals surface area contributed by atoms with Crippen LogP contribution >= 0.6 is 0 Å². The van der Waals surface area contributed by atoms with E-state index in [1.54, 1.807) is 23.4 Å².